The van der Waals surface area contributed by atoms with Crippen molar-refractivity contribution in [2.24, 2.45) is 0 Å². The minimum absolute atomic E-state index is 0.0666. The van der Waals surface area contributed by atoms with Gasteiger partial charge in [0.15, 0.2) is 0 Å². The number of rotatable bonds is 4. The Bertz CT molecular complexity index is 481. The van der Waals surface area contributed by atoms with Crippen molar-refractivity contribution < 1.29 is 9.53 Å². The molecule has 1 aliphatic heterocycles. The molecule has 0 spiro atoms. The molecular formula is C17H21NO2. The molecule has 2 rings (SSSR count). The molecule has 106 valence electrons. The number of benzene rings is 1. The van der Waals surface area contributed by atoms with Crippen molar-refractivity contribution in [2.75, 3.05) is 0 Å². The lowest BCUT2D eigenvalue weighted by molar-refractivity contribution is 0.0699. The van der Waals surface area contributed by atoms with Crippen molar-refractivity contribution in [3.05, 3.63) is 60.7 Å². The van der Waals surface area contributed by atoms with Crippen molar-refractivity contribution in [1.29, 1.82) is 0 Å². The highest BCUT2D eigenvalue weighted by molar-refractivity contribution is 5.69. The molecule has 0 saturated heterocycles. The second-order valence-electron chi connectivity index (χ2n) is 5.03. The maximum atomic E-state index is 12.3. The topological polar surface area (TPSA) is 29.5 Å². The molecule has 0 saturated carbocycles. The van der Waals surface area contributed by atoms with Crippen LogP contribution in [-0.2, 0) is 11.3 Å². The van der Waals surface area contributed by atoms with Gasteiger partial charge < -0.3 is 4.74 Å². The number of amides is 1. The summed E-state index contributed by atoms with van der Waals surface area (Å²) in [5.74, 6) is 0. The van der Waals surface area contributed by atoms with E-state index in [1.807, 2.05) is 54.3 Å². The Labute approximate surface area is 120 Å². The van der Waals surface area contributed by atoms with E-state index in [0.29, 0.717) is 6.61 Å². The van der Waals surface area contributed by atoms with E-state index >= 15 is 0 Å². The molecule has 2 unspecified atom stereocenters. The van der Waals surface area contributed by atoms with Crippen LogP contribution >= 0.6 is 0 Å². The lowest BCUT2D eigenvalue weighted by atomic mass is 10.0. The third-order valence-corrected chi connectivity index (χ3v) is 3.51. The molecule has 0 fully saturated rings. The molecule has 1 aromatic rings. The van der Waals surface area contributed by atoms with Crippen LogP contribution < -0.4 is 0 Å². The van der Waals surface area contributed by atoms with Gasteiger partial charge in [-0.1, -0.05) is 48.6 Å². The normalized spacial score (nSPS) is 21.6. The number of hydrogen-bond donors (Lipinski definition) is 0. The molecule has 1 amide bonds. The molecule has 2 atom stereocenters. The molecule has 1 aromatic carbocycles. The number of carbonyl (C=O) groups is 1. The summed E-state index contributed by atoms with van der Waals surface area (Å²) < 4.78 is 5.43. The van der Waals surface area contributed by atoms with Crippen LogP contribution in [0.1, 0.15) is 25.3 Å². The third-order valence-electron chi connectivity index (χ3n) is 3.51. The van der Waals surface area contributed by atoms with E-state index in [1.54, 1.807) is 0 Å². The van der Waals surface area contributed by atoms with Crippen LogP contribution in [0.4, 0.5) is 4.79 Å². The van der Waals surface area contributed by atoms with Gasteiger partial charge in [-0.25, -0.2) is 4.79 Å². The maximum absolute atomic E-state index is 12.3. The van der Waals surface area contributed by atoms with Gasteiger partial charge in [-0.3, -0.25) is 4.90 Å². The highest BCUT2D eigenvalue weighted by atomic mass is 16.6. The van der Waals surface area contributed by atoms with Gasteiger partial charge in [-0.2, -0.15) is 0 Å². The zero-order chi connectivity index (χ0) is 14.4. The SMILES string of the molecule is C=CCC1CC=CC(C)N1C(=O)OCc1ccccc1. The molecule has 3 nitrogen and oxygen atoms in total. The average Bonchev–Trinajstić information content (AvgIpc) is 2.46. The van der Waals surface area contributed by atoms with Gasteiger partial charge >= 0.3 is 6.09 Å². The number of ether oxygens (including phenoxy) is 1. The Morgan fingerprint density at radius 3 is 2.90 bits per heavy atom. The van der Waals surface area contributed by atoms with Gasteiger partial charge in [-0.05, 0) is 25.3 Å². The molecule has 1 heterocycles. The minimum atomic E-state index is -0.252. The Balaban J connectivity index is 1.98. The largest absolute Gasteiger partial charge is 0.445 e. The second kappa shape index (κ2) is 6.94. The first-order chi connectivity index (χ1) is 9.72. The van der Waals surface area contributed by atoms with Crippen LogP contribution in [0.2, 0.25) is 0 Å². The van der Waals surface area contributed by atoms with Crippen LogP contribution in [0.25, 0.3) is 0 Å². The van der Waals surface area contributed by atoms with Crippen LogP contribution in [0.3, 0.4) is 0 Å². The van der Waals surface area contributed by atoms with Crippen molar-refractivity contribution in [3.63, 3.8) is 0 Å². The molecule has 3 heteroatoms. The van der Waals surface area contributed by atoms with Gasteiger partial charge in [0.2, 0.25) is 0 Å². The number of nitrogens with zero attached hydrogens (tertiary/aromatic N) is 1. The summed E-state index contributed by atoms with van der Waals surface area (Å²) in [7, 11) is 0. The van der Waals surface area contributed by atoms with Gasteiger partial charge in [0, 0.05) is 6.04 Å². The zero-order valence-corrected chi connectivity index (χ0v) is 11.9. The summed E-state index contributed by atoms with van der Waals surface area (Å²) in [6, 6.07) is 9.95. The lowest BCUT2D eigenvalue weighted by Gasteiger charge is -2.36. The Morgan fingerprint density at radius 2 is 2.20 bits per heavy atom. The lowest BCUT2D eigenvalue weighted by Crippen LogP contribution is -2.47. The highest BCUT2D eigenvalue weighted by Crippen LogP contribution is 2.21. The van der Waals surface area contributed by atoms with E-state index in [9.17, 15) is 4.79 Å². The van der Waals surface area contributed by atoms with E-state index in [-0.39, 0.29) is 18.2 Å². The molecule has 0 aromatic heterocycles. The van der Waals surface area contributed by atoms with Crippen molar-refractivity contribution in [3.8, 4) is 0 Å². The zero-order valence-electron chi connectivity index (χ0n) is 11.9. The van der Waals surface area contributed by atoms with Crippen molar-refractivity contribution in [2.45, 2.75) is 38.5 Å². The van der Waals surface area contributed by atoms with Crippen LogP contribution in [0.5, 0.6) is 0 Å². The number of carbonyl (C=O) groups excluding carboxylic acids is 1. The predicted octanol–water partition coefficient (Wildman–Crippen LogP) is 3.92. The number of hydrogen-bond acceptors (Lipinski definition) is 2. The van der Waals surface area contributed by atoms with E-state index in [0.717, 1.165) is 18.4 Å². The monoisotopic (exact) mass is 271 g/mol. The molecule has 0 N–H and O–H groups in total. The van der Waals surface area contributed by atoms with Gasteiger partial charge in [-0.15, -0.1) is 6.58 Å². The van der Waals surface area contributed by atoms with E-state index in [4.69, 9.17) is 4.74 Å². The third kappa shape index (κ3) is 3.50. The molecule has 20 heavy (non-hydrogen) atoms. The quantitative estimate of drug-likeness (QED) is 0.777. The van der Waals surface area contributed by atoms with Crippen LogP contribution in [0, 0.1) is 0 Å². The summed E-state index contributed by atoms with van der Waals surface area (Å²) >= 11 is 0. The standard InChI is InChI=1S/C17H21NO2/c1-3-8-16-12-7-9-14(2)18(16)17(19)20-13-15-10-5-4-6-11-15/h3-7,9-11,14,16H,1,8,12-13H2,2H3. The fourth-order valence-electron chi connectivity index (χ4n) is 2.48. The van der Waals surface area contributed by atoms with Crippen LogP contribution in [0.15, 0.2) is 55.1 Å². The average molecular weight is 271 g/mol. The van der Waals surface area contributed by atoms with E-state index < -0.39 is 0 Å². The smallest absolute Gasteiger partial charge is 0.410 e. The summed E-state index contributed by atoms with van der Waals surface area (Å²) in [5.41, 5.74) is 1.00. The first kappa shape index (κ1) is 14.4. The minimum Gasteiger partial charge on any atom is -0.445 e. The van der Waals surface area contributed by atoms with E-state index in [1.165, 1.54) is 0 Å². The summed E-state index contributed by atoms with van der Waals surface area (Å²) in [5, 5.41) is 0. The summed E-state index contributed by atoms with van der Waals surface area (Å²) in [6.07, 6.45) is 7.42. The van der Waals surface area contributed by atoms with Gasteiger partial charge in [0.05, 0.1) is 6.04 Å². The fraction of sp³-hybridized carbons (Fsp3) is 0.353. The molecule has 0 aliphatic carbocycles. The Morgan fingerprint density at radius 1 is 1.45 bits per heavy atom. The molecule has 0 bridgehead atoms. The first-order valence-electron chi connectivity index (χ1n) is 6.99. The Kier molecular flexibility index (Phi) is 4.99. The highest BCUT2D eigenvalue weighted by Gasteiger charge is 2.29. The fourth-order valence-corrected chi connectivity index (χ4v) is 2.48. The van der Waals surface area contributed by atoms with Crippen molar-refractivity contribution in [1.82, 2.24) is 4.90 Å². The summed E-state index contributed by atoms with van der Waals surface area (Å²) in [4.78, 5) is 14.1. The molecule has 0 radical (unpaired) electrons. The maximum Gasteiger partial charge on any atom is 0.410 e. The summed E-state index contributed by atoms with van der Waals surface area (Å²) in [6.45, 7) is 6.09. The Hall–Kier alpha value is -2.03. The first-order valence-corrected chi connectivity index (χ1v) is 6.99. The predicted molar refractivity (Wildman–Crippen MR) is 80.3 cm³/mol. The second-order valence-corrected chi connectivity index (χ2v) is 5.03. The molecule has 1 aliphatic rings. The van der Waals surface area contributed by atoms with Crippen molar-refractivity contribution >= 4 is 6.09 Å². The molecular weight excluding hydrogens is 250 g/mol. The van der Waals surface area contributed by atoms with Gasteiger partial charge in [0.25, 0.3) is 0 Å². The van der Waals surface area contributed by atoms with Gasteiger partial charge in [0.1, 0.15) is 6.61 Å². The van der Waals surface area contributed by atoms with Crippen LogP contribution in [-0.4, -0.2) is 23.1 Å². The van der Waals surface area contributed by atoms with E-state index in [2.05, 4.69) is 12.7 Å².